The number of aromatic nitrogens is 4. The number of benzene rings is 1. The number of imidazole rings is 1. The van der Waals surface area contributed by atoms with Gasteiger partial charge in [-0.25, -0.2) is 13.4 Å². The lowest BCUT2D eigenvalue weighted by Gasteiger charge is -2.08. The van der Waals surface area contributed by atoms with Crippen LogP contribution in [0.5, 0.6) is 0 Å². The van der Waals surface area contributed by atoms with Crippen molar-refractivity contribution in [2.45, 2.75) is 25.7 Å². The van der Waals surface area contributed by atoms with E-state index >= 15 is 0 Å². The molecule has 0 amide bonds. The Balaban J connectivity index is 1.62. The minimum absolute atomic E-state index is 0.183. The Labute approximate surface area is 157 Å². The van der Waals surface area contributed by atoms with Crippen LogP contribution in [-0.2, 0) is 10.0 Å². The number of hydrogen-bond donors (Lipinski definition) is 2. The minimum atomic E-state index is -3.70. The Hall–Kier alpha value is -3.13. The van der Waals surface area contributed by atoms with Gasteiger partial charge in [-0.3, -0.25) is 9.82 Å². The van der Waals surface area contributed by atoms with Crippen molar-refractivity contribution in [2.24, 2.45) is 0 Å². The van der Waals surface area contributed by atoms with Crippen molar-refractivity contribution in [3.05, 3.63) is 65.7 Å². The molecule has 0 spiro atoms. The van der Waals surface area contributed by atoms with Crippen LogP contribution in [0, 0.1) is 20.8 Å². The molecule has 7 nitrogen and oxygen atoms in total. The van der Waals surface area contributed by atoms with Crippen molar-refractivity contribution in [1.29, 1.82) is 0 Å². The fraction of sp³-hybridized carbons (Fsp3) is 0.158. The largest absolute Gasteiger partial charge is 0.306 e. The van der Waals surface area contributed by atoms with Crippen LogP contribution >= 0.6 is 0 Å². The summed E-state index contributed by atoms with van der Waals surface area (Å²) in [6, 6.07) is 11.2. The topological polar surface area (TPSA) is 92.1 Å². The molecule has 27 heavy (non-hydrogen) atoms. The quantitative estimate of drug-likeness (QED) is 0.566. The van der Waals surface area contributed by atoms with Gasteiger partial charge in [-0.05, 0) is 50.6 Å². The molecule has 0 unspecified atom stereocenters. The van der Waals surface area contributed by atoms with Crippen LogP contribution < -0.4 is 4.72 Å². The van der Waals surface area contributed by atoms with E-state index in [9.17, 15) is 8.42 Å². The number of aryl methyl sites for hydroxylation is 3. The summed E-state index contributed by atoms with van der Waals surface area (Å²) in [6.45, 7) is 5.37. The van der Waals surface area contributed by atoms with Crippen molar-refractivity contribution >= 4 is 21.4 Å². The van der Waals surface area contributed by atoms with Gasteiger partial charge in [0.1, 0.15) is 10.5 Å². The first-order valence-corrected chi connectivity index (χ1v) is 9.92. The molecule has 2 N–H and O–H groups in total. The van der Waals surface area contributed by atoms with Gasteiger partial charge in [-0.1, -0.05) is 12.1 Å². The van der Waals surface area contributed by atoms with E-state index in [2.05, 4.69) is 19.9 Å². The highest BCUT2D eigenvalue weighted by atomic mass is 32.2. The predicted molar refractivity (Wildman–Crippen MR) is 104 cm³/mol. The number of hydrogen-bond acceptors (Lipinski definition) is 4. The standard InChI is InChI=1S/C19H19N5O2S/c1-12-8-9-24-11-17(20-18(24)10-12)15-4-6-16(7-5-15)23-27(25,26)19-13(2)21-22-14(19)3/h4-11,23H,1-3H3,(H,21,22). The molecule has 0 aliphatic heterocycles. The molecule has 3 heterocycles. The molecule has 3 aromatic heterocycles. The van der Waals surface area contributed by atoms with Crippen molar-refractivity contribution in [1.82, 2.24) is 19.6 Å². The van der Waals surface area contributed by atoms with Crippen LogP contribution in [0.4, 0.5) is 5.69 Å². The van der Waals surface area contributed by atoms with E-state index in [1.54, 1.807) is 26.0 Å². The summed E-state index contributed by atoms with van der Waals surface area (Å²) in [4.78, 5) is 4.81. The van der Waals surface area contributed by atoms with Crippen LogP contribution in [0.3, 0.4) is 0 Å². The van der Waals surface area contributed by atoms with Gasteiger partial charge in [0, 0.05) is 23.6 Å². The second-order valence-corrected chi connectivity index (χ2v) is 8.16. The molecule has 1 aromatic carbocycles. The van der Waals surface area contributed by atoms with E-state index in [1.165, 1.54) is 0 Å². The lowest BCUT2D eigenvalue weighted by molar-refractivity contribution is 0.600. The summed E-state index contributed by atoms with van der Waals surface area (Å²) in [7, 11) is -3.70. The van der Waals surface area contributed by atoms with Crippen molar-refractivity contribution in [2.75, 3.05) is 4.72 Å². The average Bonchev–Trinajstić information content (AvgIpc) is 3.18. The Morgan fingerprint density at radius 3 is 2.48 bits per heavy atom. The maximum absolute atomic E-state index is 12.6. The van der Waals surface area contributed by atoms with Gasteiger partial charge < -0.3 is 4.40 Å². The van der Waals surface area contributed by atoms with E-state index < -0.39 is 10.0 Å². The zero-order valence-corrected chi connectivity index (χ0v) is 16.0. The first-order valence-electron chi connectivity index (χ1n) is 8.44. The average molecular weight is 381 g/mol. The number of nitrogens with zero attached hydrogens (tertiary/aromatic N) is 3. The monoisotopic (exact) mass is 381 g/mol. The number of rotatable bonds is 4. The molecule has 0 radical (unpaired) electrons. The van der Waals surface area contributed by atoms with Crippen LogP contribution in [0.1, 0.15) is 17.0 Å². The molecule has 0 saturated carbocycles. The first-order chi connectivity index (χ1) is 12.8. The molecule has 8 heteroatoms. The molecule has 0 saturated heterocycles. The predicted octanol–water partition coefficient (Wildman–Crippen LogP) is 3.45. The van der Waals surface area contributed by atoms with Crippen molar-refractivity contribution in [3.8, 4) is 11.3 Å². The normalized spacial score (nSPS) is 11.8. The molecule has 0 bridgehead atoms. The van der Waals surface area contributed by atoms with Gasteiger partial charge in [0.15, 0.2) is 0 Å². The third-order valence-corrected chi connectivity index (χ3v) is 6.02. The zero-order valence-electron chi connectivity index (χ0n) is 15.2. The lowest BCUT2D eigenvalue weighted by Crippen LogP contribution is -2.14. The molecular weight excluding hydrogens is 362 g/mol. The van der Waals surface area contributed by atoms with Gasteiger partial charge >= 0.3 is 0 Å². The second-order valence-electron chi connectivity index (χ2n) is 6.54. The smallest absolute Gasteiger partial charge is 0.265 e. The fourth-order valence-corrected chi connectivity index (χ4v) is 4.51. The maximum Gasteiger partial charge on any atom is 0.265 e. The highest BCUT2D eigenvalue weighted by molar-refractivity contribution is 7.92. The highest BCUT2D eigenvalue weighted by Crippen LogP contribution is 2.24. The molecule has 0 aliphatic carbocycles. The first kappa shape index (κ1) is 17.3. The van der Waals surface area contributed by atoms with Crippen molar-refractivity contribution < 1.29 is 8.42 Å². The molecule has 0 atom stereocenters. The van der Waals surface area contributed by atoms with Crippen molar-refractivity contribution in [3.63, 3.8) is 0 Å². The second kappa shape index (κ2) is 6.24. The summed E-state index contributed by atoms with van der Waals surface area (Å²) in [5, 5.41) is 6.65. The van der Waals surface area contributed by atoms with Gasteiger partial charge in [0.25, 0.3) is 10.0 Å². The third kappa shape index (κ3) is 3.19. The zero-order chi connectivity index (χ0) is 19.2. The summed E-state index contributed by atoms with van der Waals surface area (Å²) < 4.78 is 29.8. The van der Waals surface area contributed by atoms with Crippen LogP contribution in [0.25, 0.3) is 16.9 Å². The number of nitrogens with one attached hydrogen (secondary N) is 2. The molecule has 4 aromatic rings. The third-order valence-electron chi connectivity index (χ3n) is 4.38. The SMILES string of the molecule is Cc1ccn2cc(-c3ccc(NS(=O)(=O)c4c(C)n[nH]c4C)cc3)nc2c1. The molecule has 0 aliphatic rings. The number of anilines is 1. The Morgan fingerprint density at radius 1 is 1.07 bits per heavy atom. The fourth-order valence-electron chi connectivity index (χ4n) is 3.07. The maximum atomic E-state index is 12.6. The van der Waals surface area contributed by atoms with E-state index in [0.29, 0.717) is 17.1 Å². The number of aromatic amines is 1. The summed E-state index contributed by atoms with van der Waals surface area (Å²) in [6.07, 6.45) is 3.92. The van der Waals surface area contributed by atoms with Gasteiger partial charge in [0.2, 0.25) is 0 Å². The molecule has 0 fully saturated rings. The Morgan fingerprint density at radius 2 is 1.81 bits per heavy atom. The summed E-state index contributed by atoms with van der Waals surface area (Å²) in [5.41, 5.74) is 5.20. The summed E-state index contributed by atoms with van der Waals surface area (Å²) >= 11 is 0. The number of sulfonamides is 1. The van der Waals surface area contributed by atoms with E-state index in [4.69, 9.17) is 0 Å². The molecule has 138 valence electrons. The molecular formula is C19H19N5O2S. The van der Waals surface area contributed by atoms with E-state index in [0.717, 1.165) is 22.5 Å². The van der Waals surface area contributed by atoms with Gasteiger partial charge in [-0.15, -0.1) is 0 Å². The number of pyridine rings is 1. The van der Waals surface area contributed by atoms with E-state index in [1.807, 2.05) is 48.0 Å². The number of H-pyrrole nitrogens is 1. The van der Waals surface area contributed by atoms with Gasteiger partial charge in [0.05, 0.1) is 17.1 Å². The summed E-state index contributed by atoms with van der Waals surface area (Å²) in [5.74, 6) is 0. The van der Waals surface area contributed by atoms with Crippen LogP contribution in [0.15, 0.2) is 53.7 Å². The minimum Gasteiger partial charge on any atom is -0.306 e. The highest BCUT2D eigenvalue weighted by Gasteiger charge is 2.22. The van der Waals surface area contributed by atoms with Crippen LogP contribution in [-0.4, -0.2) is 28.0 Å². The van der Waals surface area contributed by atoms with Crippen LogP contribution in [0.2, 0.25) is 0 Å². The lowest BCUT2D eigenvalue weighted by atomic mass is 10.1. The Bertz CT molecular complexity index is 1220. The number of fused-ring (bicyclic) bond motifs is 1. The molecule has 4 rings (SSSR count). The Kier molecular flexibility index (Phi) is 4.00. The van der Waals surface area contributed by atoms with E-state index in [-0.39, 0.29) is 4.90 Å². The van der Waals surface area contributed by atoms with Gasteiger partial charge in [-0.2, -0.15) is 5.10 Å².